The van der Waals surface area contributed by atoms with E-state index in [1.54, 1.807) is 4.90 Å². The molecule has 0 bridgehead atoms. The SMILES string of the molecule is CN(Cc1ccc2nsnc2c1)C(=O)[C@@H]1CCCCO1. The van der Waals surface area contributed by atoms with Crippen LogP contribution in [0.3, 0.4) is 0 Å². The van der Waals surface area contributed by atoms with Gasteiger partial charge in [-0.05, 0) is 37.0 Å². The first-order valence-electron chi connectivity index (χ1n) is 6.82. The van der Waals surface area contributed by atoms with Crippen molar-refractivity contribution >= 4 is 28.7 Å². The van der Waals surface area contributed by atoms with Crippen molar-refractivity contribution in [2.24, 2.45) is 0 Å². The van der Waals surface area contributed by atoms with E-state index in [9.17, 15) is 4.79 Å². The van der Waals surface area contributed by atoms with Gasteiger partial charge in [-0.1, -0.05) is 6.07 Å². The molecule has 0 unspecified atom stereocenters. The molecule has 3 rings (SSSR count). The van der Waals surface area contributed by atoms with Crippen LogP contribution in [0.4, 0.5) is 0 Å². The predicted octanol–water partition coefficient (Wildman–Crippen LogP) is 2.22. The van der Waals surface area contributed by atoms with E-state index in [1.807, 2.05) is 25.2 Å². The fraction of sp³-hybridized carbons (Fsp3) is 0.500. The molecule has 5 nitrogen and oxygen atoms in total. The monoisotopic (exact) mass is 291 g/mol. The Labute approximate surface area is 121 Å². The molecule has 1 aromatic carbocycles. The molecule has 0 saturated carbocycles. The van der Waals surface area contributed by atoms with Crippen molar-refractivity contribution in [1.29, 1.82) is 0 Å². The fourth-order valence-electron chi connectivity index (χ4n) is 2.46. The molecule has 1 fully saturated rings. The van der Waals surface area contributed by atoms with Crippen LogP contribution in [0.2, 0.25) is 0 Å². The second-order valence-corrected chi connectivity index (χ2v) is 5.67. The Balaban J connectivity index is 1.67. The molecule has 0 aliphatic carbocycles. The van der Waals surface area contributed by atoms with Gasteiger partial charge in [-0.3, -0.25) is 4.79 Å². The van der Waals surface area contributed by atoms with Crippen molar-refractivity contribution in [2.75, 3.05) is 13.7 Å². The number of hydrogen-bond donors (Lipinski definition) is 0. The van der Waals surface area contributed by atoms with Gasteiger partial charge in [0.15, 0.2) is 0 Å². The molecular weight excluding hydrogens is 274 g/mol. The third-order valence-corrected chi connectivity index (χ3v) is 4.13. The van der Waals surface area contributed by atoms with Gasteiger partial charge in [0.25, 0.3) is 5.91 Å². The minimum absolute atomic E-state index is 0.0706. The fourth-order valence-corrected chi connectivity index (χ4v) is 2.98. The molecule has 1 saturated heterocycles. The number of amides is 1. The molecule has 0 radical (unpaired) electrons. The van der Waals surface area contributed by atoms with Crippen molar-refractivity contribution in [3.05, 3.63) is 23.8 Å². The van der Waals surface area contributed by atoms with Crippen molar-refractivity contribution in [3.8, 4) is 0 Å². The Morgan fingerprint density at radius 2 is 2.25 bits per heavy atom. The maximum absolute atomic E-state index is 12.3. The zero-order chi connectivity index (χ0) is 13.9. The van der Waals surface area contributed by atoms with Crippen LogP contribution in [0.15, 0.2) is 18.2 Å². The van der Waals surface area contributed by atoms with E-state index in [0.29, 0.717) is 13.2 Å². The van der Waals surface area contributed by atoms with E-state index in [-0.39, 0.29) is 12.0 Å². The average molecular weight is 291 g/mol. The number of carbonyl (C=O) groups is 1. The normalized spacial score (nSPS) is 19.1. The Morgan fingerprint density at radius 3 is 3.05 bits per heavy atom. The highest BCUT2D eigenvalue weighted by Gasteiger charge is 2.24. The summed E-state index contributed by atoms with van der Waals surface area (Å²) in [6.45, 7) is 1.27. The Bertz CT molecular complexity index is 607. The molecule has 106 valence electrons. The maximum atomic E-state index is 12.3. The largest absolute Gasteiger partial charge is 0.368 e. The van der Waals surface area contributed by atoms with Crippen LogP contribution in [0.25, 0.3) is 11.0 Å². The molecule has 20 heavy (non-hydrogen) atoms. The average Bonchev–Trinajstić information content (AvgIpc) is 2.95. The van der Waals surface area contributed by atoms with Crippen molar-refractivity contribution < 1.29 is 9.53 Å². The van der Waals surface area contributed by atoms with E-state index >= 15 is 0 Å². The molecular formula is C14H17N3O2S. The summed E-state index contributed by atoms with van der Waals surface area (Å²) in [5.41, 5.74) is 2.86. The van der Waals surface area contributed by atoms with E-state index < -0.39 is 0 Å². The lowest BCUT2D eigenvalue weighted by Gasteiger charge is -2.26. The molecule has 0 spiro atoms. The summed E-state index contributed by atoms with van der Waals surface area (Å²) < 4.78 is 13.9. The number of carbonyl (C=O) groups excluding carboxylic acids is 1. The summed E-state index contributed by atoms with van der Waals surface area (Å²) in [6, 6.07) is 5.93. The summed E-state index contributed by atoms with van der Waals surface area (Å²) in [5.74, 6) is 0.0706. The van der Waals surface area contributed by atoms with Gasteiger partial charge in [0.2, 0.25) is 0 Å². The standard InChI is InChI=1S/C14H17N3O2S/c1-17(14(18)13-4-2-3-7-19-13)9-10-5-6-11-12(8-10)16-20-15-11/h5-6,8,13H,2-4,7,9H2,1H3/t13-/m0/s1. The first-order valence-corrected chi connectivity index (χ1v) is 7.55. The Morgan fingerprint density at radius 1 is 1.40 bits per heavy atom. The first kappa shape index (κ1) is 13.5. The quantitative estimate of drug-likeness (QED) is 0.870. The number of benzene rings is 1. The molecule has 2 aromatic rings. The third kappa shape index (κ3) is 2.81. The lowest BCUT2D eigenvalue weighted by atomic mass is 10.1. The van der Waals surface area contributed by atoms with Crippen LogP contribution in [0.5, 0.6) is 0 Å². The van der Waals surface area contributed by atoms with Crippen LogP contribution in [0, 0.1) is 0 Å². The smallest absolute Gasteiger partial charge is 0.251 e. The van der Waals surface area contributed by atoms with E-state index in [1.165, 1.54) is 11.7 Å². The van der Waals surface area contributed by atoms with Crippen LogP contribution in [-0.2, 0) is 16.1 Å². The summed E-state index contributed by atoms with van der Waals surface area (Å²) in [7, 11) is 1.82. The van der Waals surface area contributed by atoms with Crippen LogP contribution in [0.1, 0.15) is 24.8 Å². The predicted molar refractivity (Wildman–Crippen MR) is 77.5 cm³/mol. The van der Waals surface area contributed by atoms with Gasteiger partial charge in [0.1, 0.15) is 17.1 Å². The van der Waals surface area contributed by atoms with Crippen LogP contribution < -0.4 is 0 Å². The molecule has 1 atom stereocenters. The third-order valence-electron chi connectivity index (χ3n) is 3.57. The minimum Gasteiger partial charge on any atom is -0.368 e. The lowest BCUT2D eigenvalue weighted by molar-refractivity contribution is -0.145. The van der Waals surface area contributed by atoms with Gasteiger partial charge in [-0.25, -0.2) is 0 Å². The van der Waals surface area contributed by atoms with Crippen molar-refractivity contribution in [3.63, 3.8) is 0 Å². The van der Waals surface area contributed by atoms with Crippen LogP contribution >= 0.6 is 11.7 Å². The number of hydrogen-bond acceptors (Lipinski definition) is 5. The number of rotatable bonds is 3. The highest BCUT2D eigenvalue weighted by Crippen LogP contribution is 2.18. The molecule has 1 aromatic heterocycles. The second kappa shape index (κ2) is 5.85. The van der Waals surface area contributed by atoms with Gasteiger partial charge in [-0.15, -0.1) is 0 Å². The highest BCUT2D eigenvalue weighted by atomic mass is 32.1. The van der Waals surface area contributed by atoms with Crippen molar-refractivity contribution in [1.82, 2.24) is 13.6 Å². The zero-order valence-electron chi connectivity index (χ0n) is 11.4. The molecule has 6 heteroatoms. The summed E-state index contributed by atoms with van der Waals surface area (Å²) in [6.07, 6.45) is 2.69. The number of nitrogens with zero attached hydrogens (tertiary/aromatic N) is 3. The summed E-state index contributed by atoms with van der Waals surface area (Å²) in [5, 5.41) is 0. The Hall–Kier alpha value is -1.53. The van der Waals surface area contributed by atoms with E-state index in [2.05, 4.69) is 8.75 Å². The number of fused-ring (bicyclic) bond motifs is 1. The first-order chi connectivity index (χ1) is 9.74. The van der Waals surface area contributed by atoms with Gasteiger partial charge < -0.3 is 9.64 Å². The minimum atomic E-state index is -0.265. The van der Waals surface area contributed by atoms with Gasteiger partial charge >= 0.3 is 0 Å². The molecule has 1 amide bonds. The van der Waals surface area contributed by atoms with E-state index in [0.717, 1.165) is 35.9 Å². The second-order valence-electron chi connectivity index (χ2n) is 5.14. The molecule has 1 aliphatic heterocycles. The van der Waals surface area contributed by atoms with Gasteiger partial charge in [0, 0.05) is 20.2 Å². The number of aromatic nitrogens is 2. The molecule has 0 N–H and O–H groups in total. The van der Waals surface area contributed by atoms with Gasteiger partial charge in [-0.2, -0.15) is 8.75 Å². The summed E-state index contributed by atoms with van der Waals surface area (Å²) >= 11 is 1.21. The topological polar surface area (TPSA) is 55.3 Å². The van der Waals surface area contributed by atoms with Crippen LogP contribution in [-0.4, -0.2) is 39.3 Å². The zero-order valence-corrected chi connectivity index (χ0v) is 12.2. The van der Waals surface area contributed by atoms with Crippen molar-refractivity contribution in [2.45, 2.75) is 31.9 Å². The summed E-state index contributed by atoms with van der Waals surface area (Å²) in [4.78, 5) is 14.0. The van der Waals surface area contributed by atoms with E-state index in [4.69, 9.17) is 4.74 Å². The molecule has 2 heterocycles. The number of likely N-dealkylation sites (N-methyl/N-ethyl adjacent to an activating group) is 1. The maximum Gasteiger partial charge on any atom is 0.251 e. The highest BCUT2D eigenvalue weighted by molar-refractivity contribution is 7.00. The van der Waals surface area contributed by atoms with Gasteiger partial charge in [0.05, 0.1) is 11.7 Å². The Kier molecular flexibility index (Phi) is 3.93. The lowest BCUT2D eigenvalue weighted by Crippen LogP contribution is -2.39. The molecule has 1 aliphatic rings. The number of ether oxygens (including phenoxy) is 1.